The molecule has 0 bridgehead atoms. The van der Waals surface area contributed by atoms with Crippen LogP contribution in [0.2, 0.25) is 0 Å². The Kier molecular flexibility index (Phi) is 53.5. The van der Waals surface area contributed by atoms with Gasteiger partial charge in [-0.15, -0.1) is 0 Å². The van der Waals surface area contributed by atoms with Crippen LogP contribution in [-0.2, 0) is 57.1 Å². The number of methoxy groups -OCH3 is 2. The molecule has 7 aromatic carbocycles. The van der Waals surface area contributed by atoms with Crippen LogP contribution in [0.5, 0.6) is 34.5 Å². The second-order valence-electron chi connectivity index (χ2n) is 29.7. The first-order valence-electron chi connectivity index (χ1n) is 42.8. The van der Waals surface area contributed by atoms with Gasteiger partial charge in [-0.2, -0.15) is 0 Å². The number of carbonyl (C=O) groups excluding carboxylic acids is 5. The number of hydrogen-bond donors (Lipinski definition) is 0. The fraction of sp³-hybridized carbons (Fsp3) is 0.525. The molecule has 10 unspecified atom stereocenters. The SMILES string of the molecule is CCC(C)c1ccc(OC(C)OCCC(=O)c2ccc(C)cc2)cc1.CCC(C)c1ccc(OC(C)OCCCC(=O)OC)cc1.CCC(C)c1ccc(OC(OCCCC(=O)Oc2ccccc2)C(C)C)cc1.CCC(OCCCC(=O)OC)Oc1ccc(C(C)CC)cc1.CCOC(=O)CCCOC(C)Oc1ccc(C(C)CC)cc1. The number of hydrogen-bond acceptors (Lipinski definition) is 19. The Bertz CT molecular complexity index is 3760. The topological polar surface area (TPSA) is 215 Å². The second-order valence-corrected chi connectivity index (χ2v) is 29.7. The van der Waals surface area contributed by atoms with E-state index in [2.05, 4.69) is 153 Å². The number of ketones is 1. The van der Waals surface area contributed by atoms with Crippen LogP contribution in [0.4, 0.5) is 0 Å². The van der Waals surface area contributed by atoms with Gasteiger partial charge in [0.25, 0.3) is 0 Å². The van der Waals surface area contributed by atoms with E-state index in [0.29, 0.717) is 133 Å². The van der Waals surface area contributed by atoms with Crippen LogP contribution in [-0.4, -0.2) is 115 Å². The number of aryl methyl sites for hydroxylation is 1. The number of benzene rings is 7. The summed E-state index contributed by atoms with van der Waals surface area (Å²) in [6.45, 7) is 40.1. The summed E-state index contributed by atoms with van der Waals surface area (Å²) < 4.78 is 76.5. The Labute approximate surface area is 707 Å². The van der Waals surface area contributed by atoms with Crippen molar-refractivity contribution in [2.75, 3.05) is 53.9 Å². The van der Waals surface area contributed by atoms with Crippen molar-refractivity contribution in [3.05, 3.63) is 215 Å². The highest BCUT2D eigenvalue weighted by molar-refractivity contribution is 5.96. The predicted molar refractivity (Wildman–Crippen MR) is 470 cm³/mol. The molecule has 10 atom stereocenters. The minimum Gasteiger partial charge on any atom is -0.469 e. The molecule has 0 saturated heterocycles. The van der Waals surface area contributed by atoms with Gasteiger partial charge in [0.2, 0.25) is 6.29 Å². The third kappa shape index (κ3) is 44.6. The molecular formula is C99H142O19. The average molecular weight is 1640 g/mol. The number of Topliss-reactive ketones (excluding diaryl/α,β-unsaturated/α-hetero) is 1. The Hall–Kier alpha value is -9.11. The van der Waals surface area contributed by atoms with Crippen LogP contribution in [0.1, 0.15) is 287 Å². The van der Waals surface area contributed by atoms with E-state index in [4.69, 9.17) is 56.8 Å². The van der Waals surface area contributed by atoms with Crippen molar-refractivity contribution in [2.45, 2.75) is 282 Å². The van der Waals surface area contributed by atoms with Crippen LogP contribution in [0, 0.1) is 12.8 Å². The highest BCUT2D eigenvalue weighted by Gasteiger charge is 2.19. The highest BCUT2D eigenvalue weighted by atomic mass is 16.7. The van der Waals surface area contributed by atoms with Crippen LogP contribution >= 0.6 is 0 Å². The molecule has 7 aromatic rings. The lowest BCUT2D eigenvalue weighted by molar-refractivity contribution is -0.144. The maximum absolute atomic E-state index is 12.1. The third-order valence-corrected chi connectivity index (χ3v) is 19.8. The number of ether oxygens (including phenoxy) is 14. The fourth-order valence-electron chi connectivity index (χ4n) is 11.2. The smallest absolute Gasteiger partial charge is 0.311 e. The predicted octanol–water partition coefficient (Wildman–Crippen LogP) is 24.0. The van der Waals surface area contributed by atoms with Gasteiger partial charge in [-0.3, -0.25) is 24.0 Å². The molecule has 0 spiro atoms. The van der Waals surface area contributed by atoms with Gasteiger partial charge in [0, 0.05) is 50.0 Å². The molecule has 118 heavy (non-hydrogen) atoms. The van der Waals surface area contributed by atoms with Gasteiger partial charge in [0.1, 0.15) is 34.5 Å². The summed E-state index contributed by atoms with van der Waals surface area (Å²) in [5.74, 6) is 6.76. The van der Waals surface area contributed by atoms with Gasteiger partial charge in [0.15, 0.2) is 30.9 Å². The lowest BCUT2D eigenvalue weighted by Crippen LogP contribution is -2.27. The third-order valence-electron chi connectivity index (χ3n) is 19.8. The minimum absolute atomic E-state index is 0.0881. The molecule has 19 nitrogen and oxygen atoms in total. The molecule has 0 heterocycles. The van der Waals surface area contributed by atoms with Crippen LogP contribution in [0.15, 0.2) is 176 Å². The van der Waals surface area contributed by atoms with Gasteiger partial charge in [0.05, 0.1) is 53.9 Å². The normalized spacial score (nSPS) is 13.4. The lowest BCUT2D eigenvalue weighted by atomic mass is 9.99. The maximum atomic E-state index is 12.1. The molecule has 0 aliphatic rings. The summed E-state index contributed by atoms with van der Waals surface area (Å²) in [5.41, 5.74) is 8.45. The van der Waals surface area contributed by atoms with Crippen molar-refractivity contribution in [1.82, 2.24) is 0 Å². The summed E-state index contributed by atoms with van der Waals surface area (Å²) >= 11 is 0. The second kappa shape index (κ2) is 61.2. The van der Waals surface area contributed by atoms with Crippen LogP contribution in [0.25, 0.3) is 0 Å². The number of para-hydroxylation sites is 1. The van der Waals surface area contributed by atoms with Gasteiger partial charge in [-0.25, -0.2) is 0 Å². The summed E-state index contributed by atoms with van der Waals surface area (Å²) in [6, 6.07) is 57.5. The molecule has 0 radical (unpaired) electrons. The Balaban J connectivity index is 0.000000383. The van der Waals surface area contributed by atoms with E-state index in [1.165, 1.54) is 42.0 Å². The first-order chi connectivity index (χ1) is 56.7. The molecule has 0 aliphatic heterocycles. The highest BCUT2D eigenvalue weighted by Crippen LogP contribution is 2.29. The largest absolute Gasteiger partial charge is 0.469 e. The Morgan fingerprint density at radius 2 is 0.627 bits per heavy atom. The number of carbonyl (C=O) groups is 5. The molecule has 0 aliphatic carbocycles. The van der Waals surface area contributed by atoms with Crippen molar-refractivity contribution < 1.29 is 90.3 Å². The van der Waals surface area contributed by atoms with E-state index in [1.54, 1.807) is 19.1 Å². The zero-order valence-corrected chi connectivity index (χ0v) is 74.7. The van der Waals surface area contributed by atoms with Crippen molar-refractivity contribution in [3.63, 3.8) is 0 Å². The zero-order chi connectivity index (χ0) is 87.0. The van der Waals surface area contributed by atoms with Crippen LogP contribution < -0.4 is 28.4 Å². The molecule has 0 aromatic heterocycles. The minimum atomic E-state index is -0.389. The molecular weight excluding hydrogens is 1490 g/mol. The first-order valence-corrected chi connectivity index (χ1v) is 42.8. The van der Waals surface area contributed by atoms with Crippen molar-refractivity contribution in [2.24, 2.45) is 5.92 Å². The van der Waals surface area contributed by atoms with E-state index < -0.39 is 0 Å². The van der Waals surface area contributed by atoms with Gasteiger partial charge >= 0.3 is 23.9 Å². The Morgan fingerprint density at radius 3 is 0.966 bits per heavy atom. The molecule has 652 valence electrons. The van der Waals surface area contributed by atoms with E-state index in [1.807, 2.05) is 138 Å². The standard InChI is InChI=1S/C24H32O4.C22H28O3.2C18H28O4.C17H26O4/c1-5-19(4)20-13-15-22(16-14-20)28-24(18(2)3)26-17-9-12-23(25)27-21-10-7-6-8-11-21;1-5-17(3)19-10-12-21(13-11-19)25-18(4)24-15-14-22(23)20-8-6-16(2)7-9-20;1-5-14(3)15-9-11-16(12-10-15)22-18(6-2)21-13-7-8-17(19)20-4;1-5-14(3)16-9-11-17(12-10-16)22-15(4)21-13-7-8-18(19)20-6-2;1-5-13(2)15-8-10-16(11-9-15)21-14(3)20-12-6-7-17(18)19-4/h6-8,10-11,13-16,18-19,24H,5,9,12,17H2,1-4H3;6-13,17-18H,5,14-15H2,1-4H3;9-12,14,18H,5-8,13H2,1-4H3;9-12,14-15H,5-8,13H2,1-4H3;8-11,13-14H,5-7,12H2,1-4H3. The molecule has 0 saturated carbocycles. The van der Waals surface area contributed by atoms with Gasteiger partial charge < -0.3 is 66.3 Å². The van der Waals surface area contributed by atoms with E-state index in [9.17, 15) is 24.0 Å². The lowest BCUT2D eigenvalue weighted by Gasteiger charge is -2.23. The van der Waals surface area contributed by atoms with E-state index >= 15 is 0 Å². The summed E-state index contributed by atoms with van der Waals surface area (Å²) in [7, 11) is 2.78. The summed E-state index contributed by atoms with van der Waals surface area (Å²) in [6.07, 6.45) is 8.95. The number of esters is 4. The molecule has 7 rings (SSSR count). The van der Waals surface area contributed by atoms with Crippen molar-refractivity contribution in [1.29, 1.82) is 0 Å². The molecule has 0 amide bonds. The first kappa shape index (κ1) is 103. The quantitative estimate of drug-likeness (QED) is 0.00865. The zero-order valence-electron chi connectivity index (χ0n) is 74.7. The van der Waals surface area contributed by atoms with Crippen molar-refractivity contribution in [3.8, 4) is 34.5 Å². The van der Waals surface area contributed by atoms with Crippen LogP contribution in [0.3, 0.4) is 0 Å². The van der Waals surface area contributed by atoms with Gasteiger partial charge in [-0.05, 0) is 223 Å². The molecule has 0 N–H and O–H groups in total. The molecule has 19 heteroatoms. The monoisotopic (exact) mass is 1640 g/mol. The van der Waals surface area contributed by atoms with Crippen molar-refractivity contribution >= 4 is 29.7 Å². The summed E-state index contributed by atoms with van der Waals surface area (Å²) in [5, 5.41) is 0. The Morgan fingerprint density at radius 1 is 0.305 bits per heavy atom. The van der Waals surface area contributed by atoms with E-state index in [-0.39, 0.29) is 67.0 Å². The molecule has 0 fully saturated rings. The van der Waals surface area contributed by atoms with Gasteiger partial charge in [-0.1, -0.05) is 199 Å². The maximum Gasteiger partial charge on any atom is 0.311 e. The number of rotatable bonds is 49. The summed E-state index contributed by atoms with van der Waals surface area (Å²) in [4.78, 5) is 57.1. The van der Waals surface area contributed by atoms with E-state index in [0.717, 1.165) is 78.4 Å². The fourth-order valence-corrected chi connectivity index (χ4v) is 11.2. The average Bonchev–Trinajstić information content (AvgIpc) is 0.893.